The monoisotopic (exact) mass is 352 g/mol. The van der Waals surface area contributed by atoms with Gasteiger partial charge in [-0.1, -0.05) is 24.3 Å². The predicted molar refractivity (Wildman–Crippen MR) is 104 cm³/mol. The number of fused-ring (bicyclic) bond motifs is 1. The number of rotatable bonds is 8. The van der Waals surface area contributed by atoms with E-state index in [2.05, 4.69) is 15.3 Å². The lowest BCUT2D eigenvalue weighted by atomic mass is 10.1. The number of para-hydroxylation sites is 2. The van der Waals surface area contributed by atoms with Crippen molar-refractivity contribution in [3.63, 3.8) is 0 Å². The predicted octanol–water partition coefficient (Wildman–Crippen LogP) is 3.15. The number of anilines is 1. The summed E-state index contributed by atoms with van der Waals surface area (Å²) in [5.74, 6) is 3.02. The van der Waals surface area contributed by atoms with Gasteiger partial charge in [-0.2, -0.15) is 0 Å². The Hall–Kier alpha value is -2.86. The fourth-order valence-electron chi connectivity index (χ4n) is 2.85. The minimum atomic E-state index is 0.516. The summed E-state index contributed by atoms with van der Waals surface area (Å²) in [5, 5.41) is 4.41. The Balaban J connectivity index is 1.92. The summed E-state index contributed by atoms with van der Waals surface area (Å²) in [6, 6.07) is 13.8. The summed E-state index contributed by atoms with van der Waals surface area (Å²) in [6.07, 6.45) is 0.642. The van der Waals surface area contributed by atoms with Crippen molar-refractivity contribution in [1.29, 1.82) is 0 Å². The fourth-order valence-corrected chi connectivity index (χ4v) is 2.85. The van der Waals surface area contributed by atoms with Crippen LogP contribution >= 0.6 is 0 Å². The van der Waals surface area contributed by atoms with Gasteiger partial charge in [0.15, 0.2) is 11.5 Å². The number of benzene rings is 2. The third-order valence-electron chi connectivity index (χ3n) is 4.03. The van der Waals surface area contributed by atoms with Crippen LogP contribution in [0.25, 0.3) is 10.9 Å². The molecule has 0 aliphatic rings. The Morgan fingerprint density at radius 1 is 1.08 bits per heavy atom. The number of nitrogens with zero attached hydrogens (tertiary/aromatic N) is 2. The highest BCUT2D eigenvalue weighted by Crippen LogP contribution is 2.32. The maximum absolute atomic E-state index is 5.78. The summed E-state index contributed by atoms with van der Waals surface area (Å²) in [5.41, 5.74) is 7.59. The molecule has 136 valence electrons. The molecule has 3 N–H and O–H groups in total. The molecule has 0 atom stereocenters. The zero-order valence-electron chi connectivity index (χ0n) is 15.2. The summed E-state index contributed by atoms with van der Waals surface area (Å²) < 4.78 is 11.2. The topological polar surface area (TPSA) is 82.3 Å². The first-order valence-electron chi connectivity index (χ1n) is 8.75. The van der Waals surface area contributed by atoms with Crippen LogP contribution in [0.2, 0.25) is 0 Å². The van der Waals surface area contributed by atoms with Crippen LogP contribution in [0.5, 0.6) is 11.5 Å². The molecular formula is C20H24N4O2. The standard InChI is InChI=1S/C20H24N4O2/c1-3-26-19-14(7-6-10-17(19)25-2)13-22-20-15-8-4-5-9-16(15)23-18(24-20)11-12-21/h4-10H,3,11-13,21H2,1-2H3,(H,22,23,24). The van der Waals surface area contributed by atoms with Gasteiger partial charge in [0.1, 0.15) is 11.6 Å². The molecule has 0 bridgehead atoms. The van der Waals surface area contributed by atoms with Crippen LogP contribution in [0.1, 0.15) is 18.3 Å². The van der Waals surface area contributed by atoms with E-state index in [1.807, 2.05) is 49.4 Å². The molecule has 3 aromatic rings. The minimum Gasteiger partial charge on any atom is -0.493 e. The first-order chi connectivity index (χ1) is 12.8. The van der Waals surface area contributed by atoms with Crippen molar-refractivity contribution < 1.29 is 9.47 Å². The van der Waals surface area contributed by atoms with Gasteiger partial charge in [0.05, 0.1) is 19.2 Å². The Kier molecular flexibility index (Phi) is 5.86. The molecule has 0 unspecified atom stereocenters. The number of nitrogens with one attached hydrogen (secondary N) is 1. The van der Waals surface area contributed by atoms with Gasteiger partial charge in [0.2, 0.25) is 0 Å². The van der Waals surface area contributed by atoms with Crippen LogP contribution in [0.15, 0.2) is 42.5 Å². The molecule has 0 aliphatic heterocycles. The highest BCUT2D eigenvalue weighted by Gasteiger charge is 2.12. The van der Waals surface area contributed by atoms with Crippen LogP contribution in [-0.4, -0.2) is 30.2 Å². The summed E-state index contributed by atoms with van der Waals surface area (Å²) in [6.45, 7) is 3.61. The quantitative estimate of drug-likeness (QED) is 0.648. The molecule has 6 nitrogen and oxygen atoms in total. The molecule has 0 amide bonds. The van der Waals surface area contributed by atoms with E-state index >= 15 is 0 Å². The number of aromatic nitrogens is 2. The van der Waals surface area contributed by atoms with Crippen molar-refractivity contribution in [3.05, 3.63) is 53.9 Å². The van der Waals surface area contributed by atoms with Crippen LogP contribution in [0.4, 0.5) is 5.82 Å². The third kappa shape index (κ3) is 3.86. The number of ether oxygens (including phenoxy) is 2. The second-order valence-corrected chi connectivity index (χ2v) is 5.78. The molecule has 6 heteroatoms. The van der Waals surface area contributed by atoms with Crippen LogP contribution in [0.3, 0.4) is 0 Å². The molecule has 3 rings (SSSR count). The molecule has 0 aliphatic carbocycles. The molecule has 2 aromatic carbocycles. The first kappa shape index (κ1) is 17.9. The van der Waals surface area contributed by atoms with Gasteiger partial charge in [-0.05, 0) is 31.7 Å². The normalized spacial score (nSPS) is 10.7. The van der Waals surface area contributed by atoms with E-state index in [1.165, 1.54) is 0 Å². The SMILES string of the molecule is CCOc1c(CNc2nc(CCN)nc3ccccc23)cccc1OC. The number of hydrogen-bond donors (Lipinski definition) is 2. The van der Waals surface area contributed by atoms with Gasteiger partial charge < -0.3 is 20.5 Å². The van der Waals surface area contributed by atoms with E-state index in [0.29, 0.717) is 26.1 Å². The molecular weight excluding hydrogens is 328 g/mol. The fraction of sp³-hybridized carbons (Fsp3) is 0.300. The van der Waals surface area contributed by atoms with E-state index < -0.39 is 0 Å². The first-order valence-corrected chi connectivity index (χ1v) is 8.75. The Bertz CT molecular complexity index is 883. The van der Waals surface area contributed by atoms with E-state index in [0.717, 1.165) is 39.6 Å². The minimum absolute atomic E-state index is 0.516. The van der Waals surface area contributed by atoms with Crippen LogP contribution in [-0.2, 0) is 13.0 Å². The zero-order valence-corrected chi connectivity index (χ0v) is 15.2. The van der Waals surface area contributed by atoms with Crippen LogP contribution in [0, 0.1) is 0 Å². The van der Waals surface area contributed by atoms with Gasteiger partial charge in [0.25, 0.3) is 0 Å². The molecule has 1 aromatic heterocycles. The second kappa shape index (κ2) is 8.49. The lowest BCUT2D eigenvalue weighted by Crippen LogP contribution is -2.10. The lowest BCUT2D eigenvalue weighted by molar-refractivity contribution is 0.308. The Morgan fingerprint density at radius 3 is 2.69 bits per heavy atom. The summed E-state index contributed by atoms with van der Waals surface area (Å²) in [4.78, 5) is 9.23. The van der Waals surface area contributed by atoms with E-state index in [4.69, 9.17) is 15.2 Å². The van der Waals surface area contributed by atoms with Crippen molar-refractivity contribution in [2.45, 2.75) is 19.9 Å². The van der Waals surface area contributed by atoms with Gasteiger partial charge in [0, 0.05) is 23.9 Å². The van der Waals surface area contributed by atoms with Crippen molar-refractivity contribution in [1.82, 2.24) is 9.97 Å². The molecule has 0 saturated heterocycles. The molecule has 1 heterocycles. The van der Waals surface area contributed by atoms with Gasteiger partial charge in [-0.25, -0.2) is 9.97 Å². The highest BCUT2D eigenvalue weighted by molar-refractivity contribution is 5.89. The number of hydrogen-bond acceptors (Lipinski definition) is 6. The molecule has 0 saturated carbocycles. The Labute approximate surface area is 153 Å². The van der Waals surface area contributed by atoms with E-state index in [9.17, 15) is 0 Å². The largest absolute Gasteiger partial charge is 0.493 e. The van der Waals surface area contributed by atoms with Crippen molar-refractivity contribution in [2.75, 3.05) is 25.6 Å². The number of nitrogens with two attached hydrogens (primary N) is 1. The van der Waals surface area contributed by atoms with Gasteiger partial charge in [-0.15, -0.1) is 0 Å². The highest BCUT2D eigenvalue weighted by atomic mass is 16.5. The zero-order chi connectivity index (χ0) is 18.4. The maximum atomic E-state index is 5.78. The smallest absolute Gasteiger partial charge is 0.166 e. The summed E-state index contributed by atoms with van der Waals surface area (Å²) >= 11 is 0. The lowest BCUT2D eigenvalue weighted by Gasteiger charge is -2.15. The van der Waals surface area contributed by atoms with Gasteiger partial charge >= 0.3 is 0 Å². The molecule has 0 fully saturated rings. The van der Waals surface area contributed by atoms with Crippen molar-refractivity contribution >= 4 is 16.7 Å². The number of methoxy groups -OCH3 is 1. The Morgan fingerprint density at radius 2 is 1.92 bits per heavy atom. The van der Waals surface area contributed by atoms with Crippen LogP contribution < -0.4 is 20.5 Å². The average molecular weight is 352 g/mol. The molecule has 0 radical (unpaired) electrons. The van der Waals surface area contributed by atoms with E-state index in [-0.39, 0.29) is 0 Å². The average Bonchev–Trinajstić information content (AvgIpc) is 2.67. The maximum Gasteiger partial charge on any atom is 0.166 e. The van der Waals surface area contributed by atoms with Crippen molar-refractivity contribution in [3.8, 4) is 11.5 Å². The van der Waals surface area contributed by atoms with E-state index in [1.54, 1.807) is 7.11 Å². The molecule has 0 spiro atoms. The summed E-state index contributed by atoms with van der Waals surface area (Å²) in [7, 11) is 1.64. The third-order valence-corrected chi connectivity index (χ3v) is 4.03. The van der Waals surface area contributed by atoms with Gasteiger partial charge in [-0.3, -0.25) is 0 Å². The second-order valence-electron chi connectivity index (χ2n) is 5.78. The molecule has 26 heavy (non-hydrogen) atoms. The van der Waals surface area contributed by atoms with Crippen molar-refractivity contribution in [2.24, 2.45) is 5.73 Å².